The number of halogens is 2. The van der Waals surface area contributed by atoms with Crippen LogP contribution in [0.5, 0.6) is 5.75 Å². The summed E-state index contributed by atoms with van der Waals surface area (Å²) in [6.07, 6.45) is 1.04. The first kappa shape index (κ1) is 15.8. The number of nitrogens with one attached hydrogen (secondary N) is 1. The summed E-state index contributed by atoms with van der Waals surface area (Å²) in [5.41, 5.74) is 1.18. The second-order valence-electron chi connectivity index (χ2n) is 4.82. The Morgan fingerprint density at radius 2 is 2.11 bits per heavy atom. The van der Waals surface area contributed by atoms with E-state index in [1.54, 1.807) is 7.11 Å². The minimum atomic E-state index is 0.189. The minimum Gasteiger partial charge on any atom is -0.497 e. The molecule has 1 atom stereocenters. The van der Waals surface area contributed by atoms with Gasteiger partial charge < -0.3 is 10.1 Å². The average molecular weight is 335 g/mol. The summed E-state index contributed by atoms with van der Waals surface area (Å²) in [5, 5.41) is 3.57. The number of hydrogen-bond acceptors (Lipinski definition) is 2. The summed E-state index contributed by atoms with van der Waals surface area (Å²) < 4.78 is 6.30. The molecule has 0 radical (unpaired) electrons. The quantitative estimate of drug-likeness (QED) is 0.755. The molecule has 1 N–H and O–H groups in total. The maximum atomic E-state index is 6.24. The van der Waals surface area contributed by atoms with Crippen molar-refractivity contribution in [1.29, 1.82) is 0 Å². The Bertz CT molecular complexity index is 371. The zero-order valence-corrected chi connectivity index (χ0v) is 13.5. The van der Waals surface area contributed by atoms with Gasteiger partial charge in [0.2, 0.25) is 0 Å². The molecule has 0 aliphatic heterocycles. The van der Waals surface area contributed by atoms with E-state index in [0.717, 1.165) is 29.7 Å². The van der Waals surface area contributed by atoms with Crippen molar-refractivity contribution < 1.29 is 4.74 Å². The van der Waals surface area contributed by atoms with E-state index in [1.165, 1.54) is 5.56 Å². The molecule has 0 heterocycles. The maximum Gasteiger partial charge on any atom is 0.119 e. The number of methoxy groups -OCH3 is 1. The molecule has 0 aliphatic carbocycles. The third-order valence-electron chi connectivity index (χ3n) is 2.66. The lowest BCUT2D eigenvalue weighted by atomic mass is 10.1. The van der Waals surface area contributed by atoms with E-state index < -0.39 is 0 Å². The van der Waals surface area contributed by atoms with Crippen LogP contribution in [0, 0.1) is 5.92 Å². The van der Waals surface area contributed by atoms with Gasteiger partial charge in [-0.3, -0.25) is 0 Å². The van der Waals surface area contributed by atoms with Gasteiger partial charge in [-0.25, -0.2) is 0 Å². The average Bonchev–Trinajstić information content (AvgIpc) is 2.30. The first-order chi connectivity index (χ1) is 8.52. The molecule has 0 spiro atoms. The Morgan fingerprint density at radius 1 is 1.39 bits per heavy atom. The lowest BCUT2D eigenvalue weighted by Crippen LogP contribution is -2.24. The molecule has 1 unspecified atom stereocenters. The molecule has 0 fully saturated rings. The Morgan fingerprint density at radius 3 is 2.72 bits per heavy atom. The van der Waals surface area contributed by atoms with E-state index in [2.05, 4.69) is 35.1 Å². The van der Waals surface area contributed by atoms with Gasteiger partial charge >= 0.3 is 0 Å². The number of rotatable bonds is 7. The maximum absolute atomic E-state index is 6.24. The lowest BCUT2D eigenvalue weighted by molar-refractivity contribution is 0.414. The fourth-order valence-corrected chi connectivity index (χ4v) is 2.62. The van der Waals surface area contributed by atoms with Gasteiger partial charge in [-0.2, -0.15) is 0 Å². The van der Waals surface area contributed by atoms with Crippen molar-refractivity contribution in [2.24, 2.45) is 5.92 Å². The highest BCUT2D eigenvalue weighted by atomic mass is 79.9. The van der Waals surface area contributed by atoms with E-state index in [-0.39, 0.29) is 5.38 Å². The smallest absolute Gasteiger partial charge is 0.119 e. The predicted molar refractivity (Wildman–Crippen MR) is 81.5 cm³/mol. The van der Waals surface area contributed by atoms with Gasteiger partial charge in [0, 0.05) is 22.9 Å². The predicted octanol–water partition coefficient (Wildman–Crippen LogP) is 4.20. The number of ether oxygens (including phenoxy) is 1. The summed E-state index contributed by atoms with van der Waals surface area (Å²) in [4.78, 5) is 0. The Kier molecular flexibility index (Phi) is 7.05. The van der Waals surface area contributed by atoms with Gasteiger partial charge in [-0.1, -0.05) is 29.8 Å². The van der Waals surface area contributed by atoms with Crippen LogP contribution in [0.1, 0.15) is 25.8 Å². The van der Waals surface area contributed by atoms with Crippen molar-refractivity contribution in [3.05, 3.63) is 28.2 Å². The molecule has 1 aromatic carbocycles. The van der Waals surface area contributed by atoms with Crippen molar-refractivity contribution in [2.75, 3.05) is 13.7 Å². The van der Waals surface area contributed by atoms with E-state index in [0.29, 0.717) is 5.92 Å². The van der Waals surface area contributed by atoms with E-state index in [4.69, 9.17) is 16.3 Å². The molecule has 0 amide bonds. The van der Waals surface area contributed by atoms with Crippen LogP contribution < -0.4 is 10.1 Å². The van der Waals surface area contributed by atoms with Crippen LogP contribution in [0.3, 0.4) is 0 Å². The molecule has 0 aliphatic rings. The highest BCUT2D eigenvalue weighted by molar-refractivity contribution is 9.10. The van der Waals surface area contributed by atoms with Crippen molar-refractivity contribution in [3.8, 4) is 5.75 Å². The third-order valence-corrected chi connectivity index (χ3v) is 3.77. The minimum absolute atomic E-state index is 0.189. The van der Waals surface area contributed by atoms with Gasteiger partial charge in [0.15, 0.2) is 0 Å². The van der Waals surface area contributed by atoms with Crippen LogP contribution in [0.4, 0.5) is 0 Å². The van der Waals surface area contributed by atoms with Crippen LogP contribution >= 0.6 is 27.5 Å². The molecule has 4 heteroatoms. The van der Waals surface area contributed by atoms with Gasteiger partial charge in [-0.15, -0.1) is 11.6 Å². The molecule has 1 rings (SSSR count). The SMILES string of the molecule is COc1ccc(Br)c(CNCC(Cl)CC(C)C)c1. The Labute approximate surface area is 123 Å². The highest BCUT2D eigenvalue weighted by Gasteiger charge is 2.07. The largest absolute Gasteiger partial charge is 0.497 e. The van der Waals surface area contributed by atoms with Gasteiger partial charge in [-0.05, 0) is 36.1 Å². The summed E-state index contributed by atoms with van der Waals surface area (Å²) in [7, 11) is 1.68. The summed E-state index contributed by atoms with van der Waals surface area (Å²) in [6, 6.07) is 5.97. The molecule has 0 saturated heterocycles. The first-order valence-corrected chi connectivity index (χ1v) is 7.43. The van der Waals surface area contributed by atoms with Crippen molar-refractivity contribution in [3.63, 3.8) is 0 Å². The standard InChI is InChI=1S/C14H21BrClNO/c1-10(2)6-12(16)9-17-8-11-7-13(18-3)4-5-14(11)15/h4-5,7,10,12,17H,6,8-9H2,1-3H3. The van der Waals surface area contributed by atoms with Crippen LogP contribution in [0.25, 0.3) is 0 Å². The molecule has 1 aromatic rings. The molecule has 0 bridgehead atoms. The second-order valence-corrected chi connectivity index (χ2v) is 6.29. The number of hydrogen-bond donors (Lipinski definition) is 1. The van der Waals surface area contributed by atoms with E-state index in [1.807, 2.05) is 18.2 Å². The second kappa shape index (κ2) is 8.03. The van der Waals surface area contributed by atoms with Crippen molar-refractivity contribution in [2.45, 2.75) is 32.2 Å². The van der Waals surface area contributed by atoms with Crippen LogP contribution in [0.2, 0.25) is 0 Å². The molecule has 18 heavy (non-hydrogen) atoms. The highest BCUT2D eigenvalue weighted by Crippen LogP contribution is 2.22. The van der Waals surface area contributed by atoms with Gasteiger partial charge in [0.05, 0.1) is 7.11 Å². The monoisotopic (exact) mass is 333 g/mol. The van der Waals surface area contributed by atoms with Crippen LogP contribution in [-0.4, -0.2) is 19.0 Å². The zero-order chi connectivity index (χ0) is 13.5. The topological polar surface area (TPSA) is 21.3 Å². The molecule has 102 valence electrons. The third kappa shape index (κ3) is 5.59. The molecular formula is C14H21BrClNO. The molecule has 2 nitrogen and oxygen atoms in total. The molecular weight excluding hydrogens is 314 g/mol. The summed E-state index contributed by atoms with van der Waals surface area (Å²) in [6.45, 7) is 5.99. The zero-order valence-electron chi connectivity index (χ0n) is 11.2. The number of alkyl halides is 1. The Balaban J connectivity index is 2.43. The fourth-order valence-electron chi connectivity index (χ4n) is 1.77. The summed E-state index contributed by atoms with van der Waals surface area (Å²) >= 11 is 9.78. The van der Waals surface area contributed by atoms with Gasteiger partial charge in [0.1, 0.15) is 5.75 Å². The normalized spacial score (nSPS) is 12.8. The fraction of sp³-hybridized carbons (Fsp3) is 0.571. The van der Waals surface area contributed by atoms with Crippen LogP contribution in [0.15, 0.2) is 22.7 Å². The molecule has 0 aromatic heterocycles. The molecule has 0 saturated carbocycles. The first-order valence-electron chi connectivity index (χ1n) is 6.20. The number of benzene rings is 1. The summed E-state index contributed by atoms with van der Waals surface area (Å²) in [5.74, 6) is 1.51. The van der Waals surface area contributed by atoms with Crippen LogP contribution in [-0.2, 0) is 6.54 Å². The van der Waals surface area contributed by atoms with Crippen molar-refractivity contribution in [1.82, 2.24) is 5.32 Å². The van der Waals surface area contributed by atoms with Crippen molar-refractivity contribution >= 4 is 27.5 Å². The Hall–Kier alpha value is -0.250. The van der Waals surface area contributed by atoms with E-state index >= 15 is 0 Å². The van der Waals surface area contributed by atoms with Gasteiger partial charge in [0.25, 0.3) is 0 Å². The van der Waals surface area contributed by atoms with E-state index in [9.17, 15) is 0 Å². The lowest BCUT2D eigenvalue weighted by Gasteiger charge is -2.14.